The van der Waals surface area contributed by atoms with Crippen molar-refractivity contribution in [3.8, 4) is 11.5 Å². The van der Waals surface area contributed by atoms with Crippen LogP contribution in [0.5, 0.6) is 11.5 Å². The highest BCUT2D eigenvalue weighted by Crippen LogP contribution is 2.55. The molecule has 1 aromatic heterocycles. The minimum Gasteiger partial charge on any atom is -0.493 e. The lowest BCUT2D eigenvalue weighted by atomic mass is 9.69. The summed E-state index contributed by atoms with van der Waals surface area (Å²) >= 11 is 0. The first kappa shape index (κ1) is 15.7. The molecular formula is C21H22N2O3. The molecule has 5 rings (SSSR count). The number of nitrogens with zero attached hydrogens (tertiary/aromatic N) is 2. The van der Waals surface area contributed by atoms with Crippen LogP contribution in [0.3, 0.4) is 0 Å². The molecule has 0 unspecified atom stereocenters. The van der Waals surface area contributed by atoms with E-state index >= 15 is 0 Å². The minimum absolute atomic E-state index is 0.0590. The van der Waals surface area contributed by atoms with Crippen molar-refractivity contribution < 1.29 is 14.6 Å². The van der Waals surface area contributed by atoms with E-state index in [-0.39, 0.29) is 11.5 Å². The monoisotopic (exact) mass is 350 g/mol. The number of hydrogen-bond donors (Lipinski definition) is 1. The summed E-state index contributed by atoms with van der Waals surface area (Å²) < 4.78 is 11.9. The van der Waals surface area contributed by atoms with Crippen molar-refractivity contribution in [2.45, 2.75) is 37.0 Å². The average molecular weight is 350 g/mol. The summed E-state index contributed by atoms with van der Waals surface area (Å²) in [5.74, 6) is 2.61. The second-order valence-electron chi connectivity index (χ2n) is 7.30. The van der Waals surface area contributed by atoms with Crippen LogP contribution in [0.4, 0.5) is 5.82 Å². The predicted molar refractivity (Wildman–Crippen MR) is 98.8 cm³/mol. The van der Waals surface area contributed by atoms with Gasteiger partial charge in [-0.05, 0) is 30.2 Å². The van der Waals surface area contributed by atoms with Crippen molar-refractivity contribution in [1.82, 2.24) is 4.98 Å². The fourth-order valence-corrected chi connectivity index (χ4v) is 4.67. The van der Waals surface area contributed by atoms with E-state index in [1.54, 1.807) is 7.11 Å². The molecule has 3 aliphatic rings. The third kappa shape index (κ3) is 2.16. The van der Waals surface area contributed by atoms with Crippen LogP contribution in [0.25, 0.3) is 0 Å². The fraction of sp³-hybridized carbons (Fsp3) is 0.381. The van der Waals surface area contributed by atoms with E-state index < -0.39 is 6.10 Å². The molecule has 3 atom stereocenters. The van der Waals surface area contributed by atoms with Crippen LogP contribution in [0.15, 0.2) is 48.7 Å². The SMILES string of the molecule is COc1ccc2c3c1O[C@H]1C[C@@H](O)C=C[C@@]31CCN(c1ccccn1)C2. The Morgan fingerprint density at radius 1 is 1.31 bits per heavy atom. The molecule has 1 spiro atoms. The second kappa shape index (κ2) is 5.74. The first-order valence-corrected chi connectivity index (χ1v) is 9.12. The topological polar surface area (TPSA) is 54.8 Å². The number of aliphatic hydroxyl groups excluding tert-OH is 1. The van der Waals surface area contributed by atoms with Crippen molar-refractivity contribution in [3.05, 3.63) is 59.8 Å². The molecule has 1 aromatic carbocycles. The zero-order chi connectivity index (χ0) is 17.7. The lowest BCUT2D eigenvalue weighted by Gasteiger charge is -2.35. The van der Waals surface area contributed by atoms with E-state index in [1.807, 2.05) is 30.5 Å². The smallest absolute Gasteiger partial charge is 0.166 e. The van der Waals surface area contributed by atoms with E-state index in [9.17, 15) is 5.11 Å². The third-order valence-corrected chi connectivity index (χ3v) is 5.93. The molecule has 134 valence electrons. The van der Waals surface area contributed by atoms with Crippen LogP contribution in [0.1, 0.15) is 24.0 Å². The van der Waals surface area contributed by atoms with Crippen LogP contribution < -0.4 is 14.4 Å². The Balaban J connectivity index is 1.66. The average Bonchev–Trinajstić information content (AvgIpc) is 2.90. The van der Waals surface area contributed by atoms with Gasteiger partial charge in [0.25, 0.3) is 0 Å². The molecule has 5 nitrogen and oxygen atoms in total. The number of hydrogen-bond acceptors (Lipinski definition) is 5. The maximum Gasteiger partial charge on any atom is 0.166 e. The van der Waals surface area contributed by atoms with Crippen molar-refractivity contribution in [2.24, 2.45) is 0 Å². The summed E-state index contributed by atoms with van der Waals surface area (Å²) in [5.41, 5.74) is 2.26. The Bertz CT molecular complexity index is 867. The highest BCUT2D eigenvalue weighted by Gasteiger charge is 2.52. The molecule has 0 saturated carbocycles. The van der Waals surface area contributed by atoms with Gasteiger partial charge in [-0.1, -0.05) is 24.3 Å². The van der Waals surface area contributed by atoms with Crippen molar-refractivity contribution in [3.63, 3.8) is 0 Å². The Kier molecular flexibility index (Phi) is 3.47. The third-order valence-electron chi connectivity index (χ3n) is 5.93. The highest BCUT2D eigenvalue weighted by atomic mass is 16.5. The molecule has 1 aliphatic carbocycles. The molecule has 0 bridgehead atoms. The van der Waals surface area contributed by atoms with Crippen LogP contribution in [0.2, 0.25) is 0 Å². The second-order valence-corrected chi connectivity index (χ2v) is 7.30. The van der Waals surface area contributed by atoms with Gasteiger partial charge in [0, 0.05) is 31.3 Å². The molecule has 0 amide bonds. The minimum atomic E-state index is -0.454. The first-order chi connectivity index (χ1) is 12.7. The van der Waals surface area contributed by atoms with Gasteiger partial charge < -0.3 is 19.5 Å². The van der Waals surface area contributed by atoms with Gasteiger partial charge in [-0.25, -0.2) is 4.98 Å². The molecule has 2 aromatic rings. The Morgan fingerprint density at radius 2 is 2.23 bits per heavy atom. The van der Waals surface area contributed by atoms with Crippen molar-refractivity contribution in [1.29, 1.82) is 0 Å². The van der Waals surface area contributed by atoms with E-state index in [2.05, 4.69) is 28.1 Å². The van der Waals surface area contributed by atoms with Crippen molar-refractivity contribution in [2.75, 3.05) is 18.6 Å². The molecular weight excluding hydrogens is 328 g/mol. The summed E-state index contributed by atoms with van der Waals surface area (Å²) in [4.78, 5) is 6.87. The number of aliphatic hydroxyl groups is 1. The Hall–Kier alpha value is -2.53. The lowest BCUT2D eigenvalue weighted by molar-refractivity contribution is 0.0856. The molecule has 0 saturated heterocycles. The van der Waals surface area contributed by atoms with E-state index in [0.717, 1.165) is 36.8 Å². The van der Waals surface area contributed by atoms with Gasteiger partial charge in [-0.2, -0.15) is 0 Å². The van der Waals surface area contributed by atoms with Crippen LogP contribution in [0, 0.1) is 0 Å². The van der Waals surface area contributed by atoms with Gasteiger partial charge in [0.1, 0.15) is 11.9 Å². The van der Waals surface area contributed by atoms with Gasteiger partial charge in [0.2, 0.25) is 0 Å². The lowest BCUT2D eigenvalue weighted by Crippen LogP contribution is -2.43. The molecule has 5 heteroatoms. The standard InChI is InChI=1S/C21H22N2O3/c1-25-16-6-5-14-13-23(18-4-2-3-10-22-18)11-9-21-8-7-15(24)12-17(21)26-20(16)19(14)21/h2-8,10,15,17,24H,9,11-13H2,1H3/t15-,17-,21-/m0/s1. The normalized spacial score (nSPS) is 28.8. The molecule has 26 heavy (non-hydrogen) atoms. The fourth-order valence-electron chi connectivity index (χ4n) is 4.67. The maximum atomic E-state index is 10.1. The van der Waals surface area contributed by atoms with Gasteiger partial charge >= 0.3 is 0 Å². The number of methoxy groups -OCH3 is 1. The quantitative estimate of drug-likeness (QED) is 0.844. The molecule has 0 radical (unpaired) electrons. The largest absolute Gasteiger partial charge is 0.493 e. The number of aromatic nitrogens is 1. The Morgan fingerprint density at radius 3 is 3.04 bits per heavy atom. The van der Waals surface area contributed by atoms with Gasteiger partial charge in [-0.15, -0.1) is 0 Å². The van der Waals surface area contributed by atoms with Gasteiger partial charge in [0.05, 0.1) is 18.6 Å². The molecule has 1 N–H and O–H groups in total. The van der Waals surface area contributed by atoms with Gasteiger partial charge in [-0.3, -0.25) is 0 Å². The van der Waals surface area contributed by atoms with E-state index in [1.165, 1.54) is 11.1 Å². The number of rotatable bonds is 2. The summed E-state index contributed by atoms with van der Waals surface area (Å²) in [7, 11) is 1.68. The first-order valence-electron chi connectivity index (χ1n) is 9.12. The van der Waals surface area contributed by atoms with Crippen LogP contribution in [-0.4, -0.2) is 36.0 Å². The van der Waals surface area contributed by atoms with Crippen molar-refractivity contribution >= 4 is 5.82 Å². The molecule has 3 heterocycles. The number of pyridine rings is 1. The van der Waals surface area contributed by atoms with E-state index in [0.29, 0.717) is 6.42 Å². The zero-order valence-corrected chi connectivity index (χ0v) is 14.8. The summed E-state index contributed by atoms with van der Waals surface area (Å²) in [5, 5.41) is 10.1. The number of anilines is 1. The molecule has 0 fully saturated rings. The number of benzene rings is 1. The predicted octanol–water partition coefficient (Wildman–Crippen LogP) is 2.82. The molecule has 2 aliphatic heterocycles. The summed E-state index contributed by atoms with van der Waals surface area (Å²) in [6, 6.07) is 10.2. The van der Waals surface area contributed by atoms with Gasteiger partial charge in [0.15, 0.2) is 11.5 Å². The maximum absolute atomic E-state index is 10.1. The van der Waals surface area contributed by atoms with E-state index in [4.69, 9.17) is 9.47 Å². The number of ether oxygens (including phenoxy) is 2. The summed E-state index contributed by atoms with van der Waals surface area (Å²) in [6.45, 7) is 1.67. The summed E-state index contributed by atoms with van der Waals surface area (Å²) in [6.07, 6.45) is 6.95. The van der Waals surface area contributed by atoms with Crippen LogP contribution in [-0.2, 0) is 12.0 Å². The Labute approximate surface area is 152 Å². The zero-order valence-electron chi connectivity index (χ0n) is 14.8. The highest BCUT2D eigenvalue weighted by molar-refractivity contribution is 5.62. The van der Waals surface area contributed by atoms with Crippen LogP contribution >= 0.6 is 0 Å².